The average molecular weight is 427 g/mol. The van der Waals surface area contributed by atoms with Crippen molar-refractivity contribution in [3.8, 4) is 0 Å². The van der Waals surface area contributed by atoms with Gasteiger partial charge >= 0.3 is 5.97 Å². The van der Waals surface area contributed by atoms with Gasteiger partial charge in [-0.25, -0.2) is 13.6 Å². The lowest BCUT2D eigenvalue weighted by Gasteiger charge is -2.17. The predicted octanol–water partition coefficient (Wildman–Crippen LogP) is 3.47. The number of benzene rings is 2. The molecule has 0 saturated heterocycles. The fraction of sp³-hybridized carbons (Fsp3) is 0.227. The zero-order valence-electron chi connectivity index (χ0n) is 16.3. The molecule has 1 aliphatic carbocycles. The first-order chi connectivity index (χ1) is 14.8. The summed E-state index contributed by atoms with van der Waals surface area (Å²) in [4.78, 5) is 36.4. The molecule has 1 fully saturated rings. The highest BCUT2D eigenvalue weighted by Gasteiger charge is 2.31. The maximum atomic E-state index is 15.4. The van der Waals surface area contributed by atoms with Gasteiger partial charge in [0.15, 0.2) is 11.6 Å². The molecule has 4 rings (SSSR count). The molecule has 9 heteroatoms. The number of carbonyl (C=O) groups is 2. The van der Waals surface area contributed by atoms with Crippen molar-refractivity contribution >= 4 is 34.2 Å². The minimum atomic E-state index is -1.51. The van der Waals surface area contributed by atoms with Crippen LogP contribution in [0.4, 0.5) is 20.2 Å². The molecule has 1 amide bonds. The number of amides is 1. The molecule has 0 aliphatic heterocycles. The molecular formula is C22H19F2N3O4. The number of pyridine rings is 1. The molecule has 4 N–H and O–H groups in total. The standard InChI is InChI=1S/C22H19F2N3O4/c23-16-18(25)15-20(27(12-7-8-12)10-13(21(15)29)22(30)31)17(24)19(16)26-14(28)9-6-11-4-2-1-3-5-11/h1-5,10,12H,6-9,25H2,(H,26,28)(H,30,31). The van der Waals surface area contributed by atoms with E-state index in [1.165, 1.54) is 4.57 Å². The number of aromatic nitrogens is 1. The van der Waals surface area contributed by atoms with Crippen LogP contribution < -0.4 is 16.5 Å². The van der Waals surface area contributed by atoms with Crippen molar-refractivity contribution in [2.75, 3.05) is 11.1 Å². The highest BCUT2D eigenvalue weighted by atomic mass is 19.1. The van der Waals surface area contributed by atoms with E-state index in [-0.39, 0.29) is 18.0 Å². The summed E-state index contributed by atoms with van der Waals surface area (Å²) in [6.45, 7) is 0. The number of hydrogen-bond acceptors (Lipinski definition) is 4. The topological polar surface area (TPSA) is 114 Å². The Kier molecular flexibility index (Phi) is 5.18. The van der Waals surface area contributed by atoms with E-state index in [4.69, 9.17) is 5.73 Å². The summed E-state index contributed by atoms with van der Waals surface area (Å²) in [7, 11) is 0. The van der Waals surface area contributed by atoms with Gasteiger partial charge in [0.2, 0.25) is 11.3 Å². The summed E-state index contributed by atoms with van der Waals surface area (Å²) in [5.41, 5.74) is 3.23. The van der Waals surface area contributed by atoms with E-state index in [9.17, 15) is 23.9 Å². The fourth-order valence-corrected chi connectivity index (χ4v) is 3.57. The maximum Gasteiger partial charge on any atom is 0.341 e. The minimum absolute atomic E-state index is 0.0196. The number of nitrogens with zero attached hydrogens (tertiary/aromatic N) is 1. The Bertz CT molecular complexity index is 1270. The second kappa shape index (κ2) is 7.82. The Hall–Kier alpha value is -3.75. The van der Waals surface area contributed by atoms with Crippen molar-refractivity contribution in [2.24, 2.45) is 0 Å². The maximum absolute atomic E-state index is 15.4. The van der Waals surface area contributed by atoms with Gasteiger partial charge in [0.05, 0.1) is 16.6 Å². The first-order valence-corrected chi connectivity index (χ1v) is 9.72. The van der Waals surface area contributed by atoms with Crippen LogP contribution in [-0.4, -0.2) is 21.6 Å². The smallest absolute Gasteiger partial charge is 0.341 e. The summed E-state index contributed by atoms with van der Waals surface area (Å²) in [6.07, 6.45) is 2.69. The van der Waals surface area contributed by atoms with E-state index >= 15 is 4.39 Å². The normalized spacial score (nSPS) is 13.4. The molecule has 160 valence electrons. The second-order valence-electron chi connectivity index (χ2n) is 7.49. The summed E-state index contributed by atoms with van der Waals surface area (Å²) in [5, 5.41) is 11.0. The van der Waals surface area contributed by atoms with Gasteiger partial charge in [0, 0.05) is 18.7 Å². The summed E-state index contributed by atoms with van der Waals surface area (Å²) >= 11 is 0. The Labute approximate surface area is 175 Å². The van der Waals surface area contributed by atoms with Crippen LogP contribution in [0.2, 0.25) is 0 Å². The monoisotopic (exact) mass is 427 g/mol. The number of rotatable bonds is 6. The Balaban J connectivity index is 1.77. The van der Waals surface area contributed by atoms with Crippen molar-refractivity contribution in [1.29, 1.82) is 0 Å². The third kappa shape index (κ3) is 3.74. The zero-order chi connectivity index (χ0) is 22.3. The van der Waals surface area contributed by atoms with Crippen molar-refractivity contribution in [2.45, 2.75) is 31.7 Å². The molecule has 0 radical (unpaired) electrons. The molecule has 1 saturated carbocycles. The lowest BCUT2D eigenvalue weighted by molar-refractivity contribution is -0.116. The first kappa shape index (κ1) is 20.5. The lowest BCUT2D eigenvalue weighted by Crippen LogP contribution is -2.23. The molecule has 1 aromatic heterocycles. The third-order valence-electron chi connectivity index (χ3n) is 5.31. The molecular weight excluding hydrogens is 408 g/mol. The van der Waals surface area contributed by atoms with Gasteiger partial charge in [-0.3, -0.25) is 9.59 Å². The number of anilines is 2. The number of aryl methyl sites for hydroxylation is 1. The van der Waals surface area contributed by atoms with Crippen LogP contribution in [0.1, 0.15) is 41.2 Å². The number of fused-ring (bicyclic) bond motifs is 1. The Morgan fingerprint density at radius 2 is 1.84 bits per heavy atom. The van der Waals surface area contributed by atoms with E-state index in [0.29, 0.717) is 19.3 Å². The molecule has 0 spiro atoms. The molecule has 31 heavy (non-hydrogen) atoms. The van der Waals surface area contributed by atoms with E-state index in [1.54, 1.807) is 0 Å². The number of halogens is 2. The zero-order valence-corrected chi connectivity index (χ0v) is 16.3. The van der Waals surface area contributed by atoms with Crippen molar-refractivity contribution in [3.63, 3.8) is 0 Å². The Morgan fingerprint density at radius 1 is 1.16 bits per heavy atom. The quantitative estimate of drug-likeness (QED) is 0.521. The number of hydrogen-bond donors (Lipinski definition) is 3. The van der Waals surface area contributed by atoms with Gasteiger partial charge in [-0.2, -0.15) is 0 Å². The summed E-state index contributed by atoms with van der Waals surface area (Å²) in [5.74, 6) is -4.60. The van der Waals surface area contributed by atoms with Gasteiger partial charge in [-0.1, -0.05) is 30.3 Å². The number of carboxylic acid groups (broad SMARTS) is 1. The van der Waals surface area contributed by atoms with Crippen molar-refractivity contribution < 1.29 is 23.5 Å². The van der Waals surface area contributed by atoms with Gasteiger partial charge in [0.25, 0.3) is 0 Å². The van der Waals surface area contributed by atoms with Crippen LogP contribution in [-0.2, 0) is 11.2 Å². The molecule has 3 aromatic rings. The molecule has 2 aromatic carbocycles. The van der Waals surface area contributed by atoms with E-state index in [0.717, 1.165) is 11.8 Å². The number of aromatic carboxylic acids is 1. The number of nitrogens with one attached hydrogen (secondary N) is 1. The SMILES string of the molecule is Nc1c(F)c(NC(=O)CCc2ccccc2)c(F)c2c1c(=O)c(C(=O)O)cn2C1CC1. The first-order valence-electron chi connectivity index (χ1n) is 9.72. The molecule has 0 atom stereocenters. The van der Waals surface area contributed by atoms with Crippen molar-refractivity contribution in [1.82, 2.24) is 4.57 Å². The average Bonchev–Trinajstić information content (AvgIpc) is 3.59. The van der Waals surface area contributed by atoms with Crippen LogP contribution in [0.15, 0.2) is 41.3 Å². The van der Waals surface area contributed by atoms with Crippen LogP contribution in [0.3, 0.4) is 0 Å². The van der Waals surface area contributed by atoms with Crippen LogP contribution in [0.5, 0.6) is 0 Å². The van der Waals surface area contributed by atoms with Crippen LogP contribution in [0.25, 0.3) is 10.9 Å². The largest absolute Gasteiger partial charge is 0.477 e. The van der Waals surface area contributed by atoms with E-state index < -0.39 is 51.3 Å². The van der Waals surface area contributed by atoms with Gasteiger partial charge in [-0.05, 0) is 24.8 Å². The molecule has 0 unspecified atom stereocenters. The number of carboxylic acids is 1. The highest BCUT2D eigenvalue weighted by Crippen LogP contribution is 2.40. The lowest BCUT2D eigenvalue weighted by atomic mass is 10.1. The third-order valence-corrected chi connectivity index (χ3v) is 5.31. The van der Waals surface area contributed by atoms with Gasteiger partial charge in [-0.15, -0.1) is 0 Å². The fourth-order valence-electron chi connectivity index (χ4n) is 3.57. The number of carbonyl (C=O) groups excluding carboxylic acids is 1. The van der Waals surface area contributed by atoms with Crippen LogP contribution in [0, 0.1) is 11.6 Å². The number of nitrogen functional groups attached to an aromatic ring is 1. The van der Waals surface area contributed by atoms with E-state index in [2.05, 4.69) is 5.32 Å². The van der Waals surface area contributed by atoms with Crippen molar-refractivity contribution in [3.05, 3.63) is 69.5 Å². The summed E-state index contributed by atoms with van der Waals surface area (Å²) in [6, 6.07) is 8.90. The van der Waals surface area contributed by atoms with Gasteiger partial charge in [0.1, 0.15) is 11.3 Å². The Morgan fingerprint density at radius 3 is 2.45 bits per heavy atom. The van der Waals surface area contributed by atoms with Gasteiger partial charge < -0.3 is 20.7 Å². The second-order valence-corrected chi connectivity index (χ2v) is 7.49. The van der Waals surface area contributed by atoms with Crippen LogP contribution >= 0.6 is 0 Å². The minimum Gasteiger partial charge on any atom is -0.477 e. The molecule has 0 bridgehead atoms. The summed E-state index contributed by atoms with van der Waals surface area (Å²) < 4.78 is 31.6. The van der Waals surface area contributed by atoms with E-state index in [1.807, 2.05) is 30.3 Å². The predicted molar refractivity (Wildman–Crippen MR) is 111 cm³/mol. The molecule has 1 heterocycles. The number of nitrogens with two attached hydrogens (primary N) is 1. The highest BCUT2D eigenvalue weighted by molar-refractivity contribution is 6.02. The molecule has 7 nitrogen and oxygen atoms in total. The molecule has 1 aliphatic rings.